The molecule has 0 aromatic heterocycles. The standard InChI is InChI=1S/C14H19BrN2O3S.ClH/c1-20-13-3-2-11(15)8-14(13)21(18,19)17-7-5-12-10(9-17)4-6-16-12;/h2-3,8,10,12,16H,4-7,9H2,1H3;1H. The molecule has 0 spiro atoms. The summed E-state index contributed by atoms with van der Waals surface area (Å²) >= 11 is 3.34. The molecule has 8 heteroatoms. The first kappa shape index (κ1) is 18.0. The van der Waals surface area contributed by atoms with E-state index in [0.717, 1.165) is 23.9 Å². The van der Waals surface area contributed by atoms with Crippen LogP contribution in [0.25, 0.3) is 0 Å². The van der Waals surface area contributed by atoms with Gasteiger partial charge in [0.25, 0.3) is 0 Å². The number of hydrogen-bond acceptors (Lipinski definition) is 4. The molecule has 0 radical (unpaired) electrons. The predicted octanol–water partition coefficient (Wildman–Crippen LogP) is 2.25. The van der Waals surface area contributed by atoms with Crippen LogP contribution in [-0.4, -0.2) is 45.5 Å². The number of hydrogen-bond donors (Lipinski definition) is 1. The fourth-order valence-electron chi connectivity index (χ4n) is 3.22. The van der Waals surface area contributed by atoms with E-state index in [1.165, 1.54) is 7.11 Å². The Labute approximate surface area is 146 Å². The molecule has 2 aliphatic rings. The molecule has 22 heavy (non-hydrogen) atoms. The number of nitrogens with zero attached hydrogens (tertiary/aromatic N) is 1. The highest BCUT2D eigenvalue weighted by Crippen LogP contribution is 2.33. The van der Waals surface area contributed by atoms with Crippen molar-refractivity contribution in [3.05, 3.63) is 22.7 Å². The van der Waals surface area contributed by atoms with E-state index in [9.17, 15) is 8.42 Å². The third-order valence-corrected chi connectivity index (χ3v) is 6.74. The van der Waals surface area contributed by atoms with Crippen molar-refractivity contribution >= 4 is 38.4 Å². The van der Waals surface area contributed by atoms with Gasteiger partial charge in [0.2, 0.25) is 10.0 Å². The SMILES string of the molecule is COc1ccc(Br)cc1S(=O)(=O)N1CCC2NCCC2C1.Cl. The van der Waals surface area contributed by atoms with E-state index in [4.69, 9.17) is 4.74 Å². The van der Waals surface area contributed by atoms with Gasteiger partial charge < -0.3 is 10.1 Å². The molecular weight excluding hydrogens is 392 g/mol. The van der Waals surface area contributed by atoms with Crippen LogP contribution in [0.3, 0.4) is 0 Å². The second kappa shape index (κ2) is 7.05. The normalized spacial score (nSPS) is 25.4. The van der Waals surface area contributed by atoms with E-state index in [-0.39, 0.29) is 17.3 Å². The van der Waals surface area contributed by atoms with Gasteiger partial charge in [0.05, 0.1) is 7.11 Å². The van der Waals surface area contributed by atoms with Crippen molar-refractivity contribution in [2.45, 2.75) is 23.8 Å². The lowest BCUT2D eigenvalue weighted by molar-refractivity contribution is 0.246. The molecule has 2 fully saturated rings. The highest BCUT2D eigenvalue weighted by Gasteiger charge is 2.38. The van der Waals surface area contributed by atoms with Crippen LogP contribution < -0.4 is 10.1 Å². The summed E-state index contributed by atoms with van der Waals surface area (Å²) < 4.78 is 33.4. The van der Waals surface area contributed by atoms with Crippen LogP contribution in [0.4, 0.5) is 0 Å². The molecule has 124 valence electrons. The smallest absolute Gasteiger partial charge is 0.246 e. The molecule has 0 bridgehead atoms. The summed E-state index contributed by atoms with van der Waals surface area (Å²) in [5.41, 5.74) is 0. The Morgan fingerprint density at radius 3 is 2.86 bits per heavy atom. The summed E-state index contributed by atoms with van der Waals surface area (Å²) in [6, 6.07) is 5.56. The number of halogens is 2. The highest BCUT2D eigenvalue weighted by atomic mass is 79.9. The molecule has 0 aliphatic carbocycles. The van der Waals surface area contributed by atoms with Crippen molar-refractivity contribution in [1.82, 2.24) is 9.62 Å². The van der Waals surface area contributed by atoms with Gasteiger partial charge in [-0.05, 0) is 43.5 Å². The molecule has 2 unspecified atom stereocenters. The van der Waals surface area contributed by atoms with Crippen molar-refractivity contribution in [1.29, 1.82) is 0 Å². The third kappa shape index (κ3) is 3.28. The van der Waals surface area contributed by atoms with Crippen LogP contribution in [0.2, 0.25) is 0 Å². The molecule has 1 aromatic rings. The maximum atomic E-state index is 12.9. The summed E-state index contributed by atoms with van der Waals surface area (Å²) in [5.74, 6) is 0.816. The number of piperidine rings is 1. The molecule has 0 saturated carbocycles. The molecule has 0 amide bonds. The van der Waals surface area contributed by atoms with Gasteiger partial charge in [0.15, 0.2) is 0 Å². The number of sulfonamides is 1. The van der Waals surface area contributed by atoms with Crippen LogP contribution in [0.1, 0.15) is 12.8 Å². The Morgan fingerprint density at radius 2 is 2.14 bits per heavy atom. The first-order valence-corrected chi connectivity index (χ1v) is 9.33. The van der Waals surface area contributed by atoms with E-state index in [2.05, 4.69) is 21.2 Å². The zero-order valence-corrected chi connectivity index (χ0v) is 15.5. The minimum atomic E-state index is -3.52. The predicted molar refractivity (Wildman–Crippen MR) is 91.2 cm³/mol. The van der Waals surface area contributed by atoms with Gasteiger partial charge in [0, 0.05) is 23.6 Å². The van der Waals surface area contributed by atoms with Gasteiger partial charge in [-0.3, -0.25) is 0 Å². The minimum Gasteiger partial charge on any atom is -0.495 e. The molecule has 2 atom stereocenters. The molecule has 2 saturated heterocycles. The Morgan fingerprint density at radius 1 is 1.36 bits per heavy atom. The van der Waals surface area contributed by atoms with E-state index in [1.807, 2.05) is 0 Å². The molecular formula is C14H20BrClN2O3S. The van der Waals surface area contributed by atoms with Gasteiger partial charge in [-0.2, -0.15) is 4.31 Å². The van der Waals surface area contributed by atoms with Crippen LogP contribution in [0.15, 0.2) is 27.6 Å². The lowest BCUT2D eigenvalue weighted by atomic mass is 9.95. The molecule has 2 heterocycles. The van der Waals surface area contributed by atoms with Crippen molar-refractivity contribution in [2.75, 3.05) is 26.7 Å². The Kier molecular flexibility index (Phi) is 5.77. The fourth-order valence-corrected chi connectivity index (χ4v) is 5.43. The van der Waals surface area contributed by atoms with Crippen LogP contribution in [0, 0.1) is 5.92 Å². The van der Waals surface area contributed by atoms with E-state index in [1.54, 1.807) is 22.5 Å². The summed E-state index contributed by atoms with van der Waals surface area (Å²) in [5, 5.41) is 3.45. The number of ether oxygens (including phenoxy) is 1. The van der Waals surface area contributed by atoms with Crippen molar-refractivity contribution in [3.8, 4) is 5.75 Å². The van der Waals surface area contributed by atoms with Gasteiger partial charge >= 0.3 is 0 Å². The quantitative estimate of drug-likeness (QED) is 0.829. The van der Waals surface area contributed by atoms with Gasteiger partial charge in [-0.1, -0.05) is 15.9 Å². The lowest BCUT2D eigenvalue weighted by Crippen LogP contribution is -2.46. The largest absolute Gasteiger partial charge is 0.495 e. The summed E-state index contributed by atoms with van der Waals surface area (Å²) in [7, 11) is -2.02. The minimum absolute atomic E-state index is 0. The molecule has 1 aromatic carbocycles. The number of nitrogens with one attached hydrogen (secondary N) is 1. The topological polar surface area (TPSA) is 58.6 Å². The van der Waals surface area contributed by atoms with Gasteiger partial charge in [0.1, 0.15) is 10.6 Å². The molecule has 1 N–H and O–H groups in total. The van der Waals surface area contributed by atoms with E-state index in [0.29, 0.717) is 30.8 Å². The molecule has 3 rings (SSSR count). The van der Waals surface area contributed by atoms with E-state index >= 15 is 0 Å². The van der Waals surface area contributed by atoms with Gasteiger partial charge in [-0.25, -0.2) is 8.42 Å². The zero-order chi connectivity index (χ0) is 15.0. The van der Waals surface area contributed by atoms with Crippen molar-refractivity contribution in [3.63, 3.8) is 0 Å². The first-order chi connectivity index (χ1) is 10.0. The average Bonchev–Trinajstić information content (AvgIpc) is 2.94. The average molecular weight is 412 g/mol. The fraction of sp³-hybridized carbons (Fsp3) is 0.571. The summed E-state index contributed by atoms with van der Waals surface area (Å²) in [6.07, 6.45) is 1.92. The van der Waals surface area contributed by atoms with Crippen LogP contribution in [0.5, 0.6) is 5.75 Å². The lowest BCUT2D eigenvalue weighted by Gasteiger charge is -2.34. The summed E-state index contributed by atoms with van der Waals surface area (Å²) in [6.45, 7) is 2.14. The maximum Gasteiger partial charge on any atom is 0.246 e. The second-order valence-electron chi connectivity index (χ2n) is 5.56. The second-order valence-corrected chi connectivity index (χ2v) is 8.38. The maximum absolute atomic E-state index is 12.9. The first-order valence-electron chi connectivity index (χ1n) is 7.09. The number of rotatable bonds is 3. The van der Waals surface area contributed by atoms with Crippen molar-refractivity contribution < 1.29 is 13.2 Å². The Balaban J connectivity index is 0.00000176. The highest BCUT2D eigenvalue weighted by molar-refractivity contribution is 9.10. The number of benzene rings is 1. The zero-order valence-electron chi connectivity index (χ0n) is 12.3. The van der Waals surface area contributed by atoms with Crippen LogP contribution in [-0.2, 0) is 10.0 Å². The van der Waals surface area contributed by atoms with E-state index < -0.39 is 10.0 Å². The van der Waals surface area contributed by atoms with Crippen LogP contribution >= 0.6 is 28.3 Å². The number of fused-ring (bicyclic) bond motifs is 1. The Hall–Kier alpha value is -0.340. The third-order valence-electron chi connectivity index (χ3n) is 4.36. The van der Waals surface area contributed by atoms with Gasteiger partial charge in [-0.15, -0.1) is 12.4 Å². The molecule has 2 aliphatic heterocycles. The molecule has 5 nitrogen and oxygen atoms in total. The van der Waals surface area contributed by atoms with Crippen molar-refractivity contribution in [2.24, 2.45) is 5.92 Å². The Bertz CT molecular complexity index is 641. The monoisotopic (exact) mass is 410 g/mol. The number of methoxy groups -OCH3 is 1. The summed E-state index contributed by atoms with van der Waals surface area (Å²) in [4.78, 5) is 0.240.